The molecule has 0 spiro atoms. The summed E-state index contributed by atoms with van der Waals surface area (Å²) in [6.45, 7) is 44.6. The molecule has 0 aliphatic carbocycles. The predicted octanol–water partition coefficient (Wildman–Crippen LogP) is 17.5. The van der Waals surface area contributed by atoms with E-state index in [1.54, 1.807) is 18.2 Å². The van der Waals surface area contributed by atoms with Gasteiger partial charge >= 0.3 is 0 Å². The topological polar surface area (TPSA) is 0 Å². The lowest BCUT2D eigenvalue weighted by molar-refractivity contribution is 0.363. The maximum Gasteiger partial charge on any atom is -0.0181 e. The Hall–Kier alpha value is -2.52. The van der Waals surface area contributed by atoms with E-state index >= 15 is 0 Å². The first-order chi connectivity index (χ1) is 22.9. The lowest BCUT2D eigenvalue weighted by Gasteiger charge is -2.16. The molecule has 2 rings (SSSR count). The number of benzene rings is 2. The fraction of sp³-hybridized carbons (Fsp3) is 0.625. The molecule has 0 aliphatic rings. The minimum atomic E-state index is 0.884. The van der Waals surface area contributed by atoms with Crippen LogP contribution in [-0.2, 0) is 0 Å². The molecule has 48 heavy (non-hydrogen) atoms. The van der Waals surface area contributed by atoms with E-state index in [1.807, 2.05) is 34.6 Å². The maximum absolute atomic E-state index is 4.00. The average Bonchev–Trinajstić information content (AvgIpc) is 3.09. The monoisotopic (exact) mass is 667 g/mol. The third kappa shape index (κ3) is 62.3. The Morgan fingerprint density at radius 2 is 0.917 bits per heavy atom. The van der Waals surface area contributed by atoms with Crippen LogP contribution in [0.1, 0.15) is 174 Å². The van der Waals surface area contributed by atoms with E-state index in [0.29, 0.717) is 0 Å². The van der Waals surface area contributed by atoms with Crippen LogP contribution in [-0.4, -0.2) is 0 Å². The minimum Gasteiger partial charge on any atom is -0.124 e. The van der Waals surface area contributed by atoms with Crippen molar-refractivity contribution in [3.05, 3.63) is 86.0 Å². The molecule has 2 atom stereocenters. The van der Waals surface area contributed by atoms with Crippen molar-refractivity contribution in [3.8, 4) is 12.8 Å². The van der Waals surface area contributed by atoms with E-state index in [0.717, 1.165) is 23.7 Å². The van der Waals surface area contributed by atoms with Crippen LogP contribution in [0.15, 0.2) is 80.4 Å². The number of allylic oxidation sites excluding steroid dienone is 3. The van der Waals surface area contributed by atoms with E-state index in [1.165, 1.54) is 80.5 Å². The molecule has 0 radical (unpaired) electrons. The lowest BCUT2D eigenvalue weighted by atomic mass is 9.90. The lowest BCUT2D eigenvalue weighted by Crippen LogP contribution is -2.03. The van der Waals surface area contributed by atoms with Gasteiger partial charge in [-0.2, -0.15) is 0 Å². The molecular weight excluding hydrogens is 577 g/mol. The second-order valence-electron chi connectivity index (χ2n) is 12.5. The van der Waals surface area contributed by atoms with Crippen LogP contribution < -0.4 is 0 Å². The Morgan fingerprint density at radius 3 is 1.19 bits per heavy atom. The van der Waals surface area contributed by atoms with Crippen molar-refractivity contribution in [2.24, 2.45) is 23.7 Å². The van der Waals surface area contributed by atoms with Gasteiger partial charge in [-0.3, -0.25) is 0 Å². The fourth-order valence-electron chi connectivity index (χ4n) is 3.63. The highest BCUT2D eigenvalue weighted by molar-refractivity contribution is 5.82. The SMILES string of the molecule is C#C.C=CC.C=CC.C=CC.CC.CCC(C)C.CCC(C)CC.CCCCC(C)CC(C)CCCC.Cc1ccc2ccccc2c1. The third-order valence-electron chi connectivity index (χ3n) is 7.02. The zero-order chi connectivity index (χ0) is 39.2. The molecule has 0 amide bonds. The standard InChI is InChI=1S/C13H28.C11H10.C6H14.C5H12.3C3H6.C2H6.C2H2/c1-5-7-9-12(3)11-13(4)10-8-6-2;1-9-6-7-10-4-2-3-5-11(10)8-9;1-4-6(3)5-2;1-4-5(2)3;3*1-3-2;2*1-2/h12-13H,5-11H2,1-4H3;2-8H,1H3;6H,4-5H2,1-3H3;5H,4H2,1-3H3;3*3H,1H2,2H3;1-2H3;1-2H. The van der Waals surface area contributed by atoms with Gasteiger partial charge in [0, 0.05) is 0 Å². The molecule has 2 unspecified atom stereocenters. The van der Waals surface area contributed by atoms with Gasteiger partial charge in [0.15, 0.2) is 0 Å². The molecule has 0 saturated carbocycles. The highest BCUT2D eigenvalue weighted by atomic mass is 14.1. The van der Waals surface area contributed by atoms with Crippen LogP contribution in [0.5, 0.6) is 0 Å². The number of terminal acetylenes is 1. The van der Waals surface area contributed by atoms with E-state index in [2.05, 4.69) is 151 Å². The third-order valence-corrected chi connectivity index (χ3v) is 7.02. The van der Waals surface area contributed by atoms with Crippen LogP contribution in [0.25, 0.3) is 10.8 Å². The second-order valence-corrected chi connectivity index (χ2v) is 12.5. The van der Waals surface area contributed by atoms with Gasteiger partial charge in [-0.25, -0.2) is 0 Å². The first-order valence-electron chi connectivity index (χ1n) is 19.4. The van der Waals surface area contributed by atoms with Gasteiger partial charge in [0.25, 0.3) is 0 Å². The highest BCUT2D eigenvalue weighted by Crippen LogP contribution is 2.21. The number of hydrogen-bond donors (Lipinski definition) is 0. The van der Waals surface area contributed by atoms with Crippen LogP contribution >= 0.6 is 0 Å². The van der Waals surface area contributed by atoms with E-state index < -0.39 is 0 Å². The summed E-state index contributed by atoms with van der Waals surface area (Å²) >= 11 is 0. The molecule has 0 N–H and O–H groups in total. The van der Waals surface area contributed by atoms with Gasteiger partial charge in [-0.05, 0) is 68.6 Å². The minimum absolute atomic E-state index is 0.884. The zero-order valence-electron chi connectivity index (χ0n) is 35.9. The van der Waals surface area contributed by atoms with Crippen molar-refractivity contribution >= 4 is 10.8 Å². The number of fused-ring (bicyclic) bond motifs is 1. The van der Waals surface area contributed by atoms with Gasteiger partial charge in [-0.15, -0.1) is 32.6 Å². The van der Waals surface area contributed by atoms with Gasteiger partial charge in [-0.1, -0.05) is 207 Å². The summed E-state index contributed by atoms with van der Waals surface area (Å²) in [6, 6.07) is 14.9. The van der Waals surface area contributed by atoms with Crippen molar-refractivity contribution < 1.29 is 0 Å². The van der Waals surface area contributed by atoms with E-state index in [-0.39, 0.29) is 0 Å². The number of aryl methyl sites for hydroxylation is 1. The molecule has 2 aromatic carbocycles. The van der Waals surface area contributed by atoms with E-state index in [4.69, 9.17) is 0 Å². The largest absolute Gasteiger partial charge is 0.124 e. The molecule has 0 aromatic heterocycles. The molecule has 0 fully saturated rings. The van der Waals surface area contributed by atoms with Crippen molar-refractivity contribution in [1.82, 2.24) is 0 Å². The van der Waals surface area contributed by atoms with Gasteiger partial charge in [0.1, 0.15) is 0 Å². The molecule has 0 aliphatic heterocycles. The number of hydrogen-bond acceptors (Lipinski definition) is 0. The van der Waals surface area contributed by atoms with Gasteiger partial charge in [0.2, 0.25) is 0 Å². The quantitative estimate of drug-likeness (QED) is 0.165. The highest BCUT2D eigenvalue weighted by Gasteiger charge is 2.07. The Morgan fingerprint density at radius 1 is 0.583 bits per heavy atom. The molecule has 282 valence electrons. The molecule has 0 saturated heterocycles. The Kier molecular flexibility index (Phi) is 71.9. The summed E-state index contributed by atoms with van der Waals surface area (Å²) in [7, 11) is 0. The van der Waals surface area contributed by atoms with Crippen molar-refractivity contribution in [2.45, 2.75) is 175 Å². The number of unbranched alkanes of at least 4 members (excludes halogenated alkanes) is 2. The van der Waals surface area contributed by atoms with Gasteiger partial charge in [0.05, 0.1) is 0 Å². The summed E-state index contributed by atoms with van der Waals surface area (Å²) in [4.78, 5) is 0. The van der Waals surface area contributed by atoms with Gasteiger partial charge < -0.3 is 0 Å². The molecule has 2 aromatic rings. The average molecular weight is 667 g/mol. The molecule has 0 bridgehead atoms. The van der Waals surface area contributed by atoms with Crippen molar-refractivity contribution in [1.29, 1.82) is 0 Å². The van der Waals surface area contributed by atoms with Crippen molar-refractivity contribution in [2.75, 3.05) is 0 Å². The molecule has 0 nitrogen and oxygen atoms in total. The Labute approximate surface area is 307 Å². The summed E-state index contributed by atoms with van der Waals surface area (Å²) in [5.41, 5.74) is 1.32. The number of rotatable bonds is 11. The smallest absolute Gasteiger partial charge is 0.0181 e. The summed E-state index contributed by atoms with van der Waals surface area (Å²) in [5, 5.41) is 2.64. The van der Waals surface area contributed by atoms with Crippen LogP contribution in [0.4, 0.5) is 0 Å². The first-order valence-corrected chi connectivity index (χ1v) is 19.4. The zero-order valence-corrected chi connectivity index (χ0v) is 35.9. The summed E-state index contributed by atoms with van der Waals surface area (Å²) in [6.07, 6.45) is 27.1. The van der Waals surface area contributed by atoms with Crippen LogP contribution in [0, 0.1) is 43.4 Å². The Balaban J connectivity index is -0.0000000866. The summed E-state index contributed by atoms with van der Waals surface area (Å²) < 4.78 is 0. The summed E-state index contributed by atoms with van der Waals surface area (Å²) in [5.74, 6) is 3.72. The second kappa shape index (κ2) is 56.8. The van der Waals surface area contributed by atoms with Crippen LogP contribution in [0.2, 0.25) is 0 Å². The first kappa shape index (κ1) is 60.8. The van der Waals surface area contributed by atoms with Crippen LogP contribution in [0.3, 0.4) is 0 Å². The maximum atomic E-state index is 4.00. The Bertz CT molecular complexity index is 822. The predicted molar refractivity (Wildman–Crippen MR) is 234 cm³/mol. The molecule has 0 heteroatoms. The fourth-order valence-corrected chi connectivity index (χ4v) is 3.63. The van der Waals surface area contributed by atoms with Crippen molar-refractivity contribution in [3.63, 3.8) is 0 Å². The normalized spacial score (nSPS) is 9.83. The molecular formula is C48H90. The van der Waals surface area contributed by atoms with E-state index in [9.17, 15) is 0 Å². The molecule has 0 heterocycles.